The average Bonchev–Trinajstić information content (AvgIpc) is 3.16. The van der Waals surface area contributed by atoms with Crippen LogP contribution in [-0.2, 0) is 0 Å². The lowest BCUT2D eigenvalue weighted by Gasteiger charge is -2.43. The molecule has 0 saturated heterocycles. The van der Waals surface area contributed by atoms with Crippen LogP contribution >= 0.6 is 0 Å². The monoisotopic (exact) mass is 378 g/mol. The van der Waals surface area contributed by atoms with E-state index in [9.17, 15) is 10.2 Å². The smallest absolute Gasteiger partial charge is 0.136 e. The minimum Gasteiger partial charge on any atom is -0.377 e. The lowest BCUT2D eigenvalue weighted by molar-refractivity contribution is -0.0227. The van der Waals surface area contributed by atoms with Gasteiger partial charge in [-0.05, 0) is 73.0 Å². The molecule has 4 rings (SSSR count). The molecule has 150 valence electrons. The van der Waals surface area contributed by atoms with Crippen LogP contribution in [0.5, 0.6) is 0 Å². The summed E-state index contributed by atoms with van der Waals surface area (Å²) in [7, 11) is 0. The van der Waals surface area contributed by atoms with Crippen LogP contribution in [0, 0.1) is 57.2 Å². The largest absolute Gasteiger partial charge is 0.377 e. The van der Waals surface area contributed by atoms with Gasteiger partial charge in [0.15, 0.2) is 0 Å². The number of rotatable bonds is 2. The van der Waals surface area contributed by atoms with Gasteiger partial charge >= 0.3 is 0 Å². The van der Waals surface area contributed by atoms with Crippen LogP contribution in [0.15, 0.2) is 25.3 Å². The van der Waals surface area contributed by atoms with Crippen LogP contribution in [0.3, 0.4) is 0 Å². The molecule has 2 nitrogen and oxygen atoms in total. The van der Waals surface area contributed by atoms with Crippen LogP contribution < -0.4 is 0 Å². The normalized spacial score (nSPS) is 49.1. The zero-order valence-corrected chi connectivity index (χ0v) is 17.9. The number of fused-ring (bicyclic) bond motifs is 4. The van der Waals surface area contributed by atoms with E-state index in [1.54, 1.807) is 0 Å². The molecule has 0 amide bonds. The molecular formula is C26H34O2. The van der Waals surface area contributed by atoms with Gasteiger partial charge in [-0.25, -0.2) is 0 Å². The summed E-state index contributed by atoms with van der Waals surface area (Å²) < 4.78 is 0. The van der Waals surface area contributed by atoms with Crippen molar-refractivity contribution in [3.8, 4) is 23.7 Å². The predicted molar refractivity (Wildman–Crippen MR) is 113 cm³/mol. The molecule has 0 heterocycles. The minimum atomic E-state index is -1.08. The second-order valence-corrected chi connectivity index (χ2v) is 10.9. The molecule has 2 N–H and O–H groups in total. The van der Waals surface area contributed by atoms with Gasteiger partial charge in [-0.3, -0.25) is 0 Å². The first-order valence-corrected chi connectivity index (χ1v) is 10.7. The summed E-state index contributed by atoms with van der Waals surface area (Å²) >= 11 is 0. The first-order chi connectivity index (χ1) is 13.0. The standard InChI is InChI=1S/C26H34O2/c1-7-23-15-11-19(21(23,3)4)17-25(23,27)13-9-10-14-26(28)18-20-12-16-24(26,8-2)22(20,5)6/h7-8,19-20,27-28H,1-2,11-12,15-18H2,3-6H3/t19-,20-,23-,24-,25-,26-/m1/s1. The summed E-state index contributed by atoms with van der Waals surface area (Å²) in [5, 5.41) is 22.8. The molecule has 4 aliphatic rings. The zero-order valence-electron chi connectivity index (χ0n) is 17.9. The first-order valence-electron chi connectivity index (χ1n) is 10.7. The van der Waals surface area contributed by atoms with E-state index in [0.29, 0.717) is 24.7 Å². The van der Waals surface area contributed by atoms with Crippen molar-refractivity contribution >= 4 is 0 Å². The molecule has 0 aromatic carbocycles. The van der Waals surface area contributed by atoms with E-state index in [1.807, 2.05) is 12.2 Å². The van der Waals surface area contributed by atoms with Gasteiger partial charge in [0, 0.05) is 10.8 Å². The number of aliphatic hydroxyl groups is 2. The summed E-state index contributed by atoms with van der Waals surface area (Å²) in [6, 6.07) is 0. The van der Waals surface area contributed by atoms with Gasteiger partial charge in [-0.15, -0.1) is 13.2 Å². The molecule has 0 aliphatic heterocycles. The first kappa shape index (κ1) is 19.8. The van der Waals surface area contributed by atoms with Gasteiger partial charge in [-0.1, -0.05) is 51.7 Å². The minimum absolute atomic E-state index is 0.00859. The third-order valence-electron chi connectivity index (χ3n) is 9.97. The van der Waals surface area contributed by atoms with Crippen LogP contribution in [0.2, 0.25) is 0 Å². The molecule has 4 saturated carbocycles. The van der Waals surface area contributed by atoms with Gasteiger partial charge < -0.3 is 10.2 Å². The van der Waals surface area contributed by atoms with E-state index < -0.39 is 11.2 Å². The zero-order chi connectivity index (χ0) is 20.6. The molecule has 28 heavy (non-hydrogen) atoms. The highest BCUT2D eigenvalue weighted by Crippen LogP contribution is 2.71. The second-order valence-electron chi connectivity index (χ2n) is 10.9. The Hall–Kier alpha value is -1.48. The molecule has 0 unspecified atom stereocenters. The van der Waals surface area contributed by atoms with Crippen molar-refractivity contribution in [2.45, 2.75) is 77.4 Å². The summed E-state index contributed by atoms with van der Waals surface area (Å²) in [6.07, 6.45) is 9.30. The molecule has 4 aliphatic carbocycles. The maximum absolute atomic E-state index is 11.4. The molecule has 2 heteroatoms. The fourth-order valence-electron chi connectivity index (χ4n) is 7.83. The molecule has 0 aromatic heterocycles. The Balaban J connectivity index is 1.65. The lowest BCUT2D eigenvalue weighted by Crippen LogP contribution is -2.47. The highest BCUT2D eigenvalue weighted by atomic mass is 16.3. The fraction of sp³-hybridized carbons (Fsp3) is 0.692. The maximum atomic E-state index is 11.4. The van der Waals surface area contributed by atoms with Crippen molar-refractivity contribution in [3.63, 3.8) is 0 Å². The van der Waals surface area contributed by atoms with Crippen molar-refractivity contribution in [1.82, 2.24) is 0 Å². The quantitative estimate of drug-likeness (QED) is 0.549. The van der Waals surface area contributed by atoms with Gasteiger partial charge in [0.05, 0.1) is 0 Å². The van der Waals surface area contributed by atoms with E-state index in [2.05, 4.69) is 64.5 Å². The second kappa shape index (κ2) is 5.56. The summed E-state index contributed by atoms with van der Waals surface area (Å²) in [5.74, 6) is 13.0. The number of hydrogen-bond acceptors (Lipinski definition) is 2. The Kier molecular flexibility index (Phi) is 3.94. The van der Waals surface area contributed by atoms with Crippen molar-refractivity contribution in [3.05, 3.63) is 25.3 Å². The molecule has 4 bridgehead atoms. The van der Waals surface area contributed by atoms with Gasteiger partial charge in [0.25, 0.3) is 0 Å². The fourth-order valence-corrected chi connectivity index (χ4v) is 7.83. The van der Waals surface area contributed by atoms with E-state index in [0.717, 1.165) is 25.7 Å². The third kappa shape index (κ3) is 1.94. The van der Waals surface area contributed by atoms with E-state index >= 15 is 0 Å². The maximum Gasteiger partial charge on any atom is 0.136 e. The highest BCUT2D eigenvalue weighted by Gasteiger charge is 2.70. The van der Waals surface area contributed by atoms with E-state index in [1.165, 1.54) is 0 Å². The Bertz CT molecular complexity index is 786. The van der Waals surface area contributed by atoms with Gasteiger partial charge in [0.1, 0.15) is 11.2 Å². The Labute approximate surface area is 170 Å². The van der Waals surface area contributed by atoms with Crippen LogP contribution in [0.4, 0.5) is 0 Å². The predicted octanol–water partition coefficient (Wildman–Crippen LogP) is 4.48. The lowest BCUT2D eigenvalue weighted by atomic mass is 9.63. The third-order valence-corrected chi connectivity index (χ3v) is 9.97. The molecule has 0 spiro atoms. The average molecular weight is 379 g/mol. The van der Waals surface area contributed by atoms with Crippen LogP contribution in [-0.4, -0.2) is 21.4 Å². The van der Waals surface area contributed by atoms with Crippen LogP contribution in [0.1, 0.15) is 66.2 Å². The topological polar surface area (TPSA) is 40.5 Å². The van der Waals surface area contributed by atoms with Crippen molar-refractivity contribution in [2.75, 3.05) is 0 Å². The molecule has 0 aromatic rings. The summed E-state index contributed by atoms with van der Waals surface area (Å²) in [4.78, 5) is 0. The SMILES string of the molecule is C=C[C@]12CC[C@H](C[C@]1(O)C#CC#C[C@@]1(O)C[C@H]3CC[C@]1(C=C)C3(C)C)C2(C)C. The summed E-state index contributed by atoms with van der Waals surface area (Å²) in [5.41, 5.74) is -2.94. The van der Waals surface area contributed by atoms with E-state index in [-0.39, 0.29) is 21.7 Å². The molecule has 4 fully saturated rings. The Morgan fingerprint density at radius 3 is 1.39 bits per heavy atom. The highest BCUT2D eigenvalue weighted by molar-refractivity contribution is 5.42. The van der Waals surface area contributed by atoms with Gasteiger partial charge in [0.2, 0.25) is 0 Å². The summed E-state index contributed by atoms with van der Waals surface area (Å²) in [6.45, 7) is 17.0. The van der Waals surface area contributed by atoms with Gasteiger partial charge in [-0.2, -0.15) is 0 Å². The molecular weight excluding hydrogens is 344 g/mol. The van der Waals surface area contributed by atoms with Crippen molar-refractivity contribution in [1.29, 1.82) is 0 Å². The number of hydrogen-bond donors (Lipinski definition) is 2. The molecule has 6 atom stereocenters. The Morgan fingerprint density at radius 2 is 1.11 bits per heavy atom. The van der Waals surface area contributed by atoms with E-state index in [4.69, 9.17) is 0 Å². The Morgan fingerprint density at radius 1 is 0.750 bits per heavy atom. The van der Waals surface area contributed by atoms with Crippen LogP contribution in [0.25, 0.3) is 0 Å². The molecule has 0 radical (unpaired) electrons. The van der Waals surface area contributed by atoms with Crippen molar-refractivity contribution in [2.24, 2.45) is 33.5 Å². The van der Waals surface area contributed by atoms with Crippen molar-refractivity contribution < 1.29 is 10.2 Å².